The molecule has 0 aliphatic rings. The van der Waals surface area contributed by atoms with Crippen molar-refractivity contribution in [3.05, 3.63) is 30.3 Å². The van der Waals surface area contributed by atoms with Crippen LogP contribution in [0.25, 0.3) is 0 Å². The Kier molecular flexibility index (Phi) is 6.09. The summed E-state index contributed by atoms with van der Waals surface area (Å²) in [6.07, 6.45) is 0.102. The first-order chi connectivity index (χ1) is 8.95. The number of rotatable bonds is 5. The highest BCUT2D eigenvalue weighted by Crippen LogP contribution is 2.32. The molecule has 0 bridgehead atoms. The van der Waals surface area contributed by atoms with Gasteiger partial charge in [-0.2, -0.15) is 5.26 Å². The summed E-state index contributed by atoms with van der Waals surface area (Å²) in [5.74, 6) is -0.942. The number of aliphatic hydroxyl groups excluding tert-OH is 1. The highest BCUT2D eigenvalue weighted by Gasteiger charge is 2.27. The van der Waals surface area contributed by atoms with E-state index >= 15 is 0 Å². The molecule has 0 amide bonds. The zero-order chi connectivity index (χ0) is 14.3. The van der Waals surface area contributed by atoms with Crippen molar-refractivity contribution in [1.29, 1.82) is 5.26 Å². The van der Waals surface area contributed by atoms with Crippen LogP contribution in [0.1, 0.15) is 19.8 Å². The monoisotopic (exact) mass is 297 g/mol. The topological polar surface area (TPSA) is 81.3 Å². The number of aliphatic carboxylic acids is 1. The summed E-state index contributed by atoms with van der Waals surface area (Å²) >= 11 is 1.64. The van der Waals surface area contributed by atoms with E-state index in [1.165, 1.54) is 0 Å². The lowest BCUT2D eigenvalue weighted by atomic mass is 10.1. The fourth-order valence-electron chi connectivity index (χ4n) is 1.31. The van der Waals surface area contributed by atoms with Crippen molar-refractivity contribution in [2.75, 3.05) is 0 Å². The van der Waals surface area contributed by atoms with Gasteiger partial charge in [-0.1, -0.05) is 30.0 Å². The van der Waals surface area contributed by atoms with E-state index in [-0.39, 0.29) is 17.2 Å². The SMILES string of the molecule is CC(C#N)(CCC(=O)O)SC(O)=[SH]c1ccccc1. The molecule has 1 rings (SSSR count). The Balaban J connectivity index is 2.73. The fraction of sp³-hybridized carbons (Fsp3) is 0.308. The second kappa shape index (κ2) is 7.34. The van der Waals surface area contributed by atoms with Gasteiger partial charge in [-0.25, -0.2) is 0 Å². The first kappa shape index (κ1) is 15.8. The van der Waals surface area contributed by atoms with Crippen molar-refractivity contribution in [1.82, 2.24) is 0 Å². The summed E-state index contributed by atoms with van der Waals surface area (Å²) in [6.45, 7) is 1.64. The van der Waals surface area contributed by atoms with Gasteiger partial charge in [-0.3, -0.25) is 4.79 Å². The van der Waals surface area contributed by atoms with Gasteiger partial charge in [-0.05, 0) is 25.5 Å². The normalized spacial score (nSPS) is 14.9. The Labute approximate surface area is 120 Å². The van der Waals surface area contributed by atoms with E-state index in [9.17, 15) is 9.90 Å². The first-order valence-electron chi connectivity index (χ1n) is 5.60. The molecule has 19 heavy (non-hydrogen) atoms. The minimum atomic E-state index is -0.942. The molecule has 1 aromatic carbocycles. The minimum absolute atomic E-state index is 0.0907. The maximum atomic E-state index is 10.5. The van der Waals surface area contributed by atoms with Gasteiger partial charge in [0, 0.05) is 11.3 Å². The van der Waals surface area contributed by atoms with Crippen molar-refractivity contribution in [2.45, 2.75) is 29.4 Å². The van der Waals surface area contributed by atoms with Crippen LogP contribution >= 0.6 is 23.1 Å². The molecule has 0 aliphatic heterocycles. The van der Waals surface area contributed by atoms with Crippen LogP contribution in [-0.4, -0.2) is 25.3 Å². The number of thioether (sulfide) groups is 1. The average Bonchev–Trinajstić information content (AvgIpc) is 2.37. The molecular formula is C13H15NO3S2. The quantitative estimate of drug-likeness (QED) is 0.575. The van der Waals surface area contributed by atoms with E-state index in [1.54, 1.807) is 6.92 Å². The molecule has 4 nitrogen and oxygen atoms in total. The van der Waals surface area contributed by atoms with Crippen molar-refractivity contribution in [3.8, 4) is 6.07 Å². The summed E-state index contributed by atoms with van der Waals surface area (Å²) in [4.78, 5) is 11.5. The predicted molar refractivity (Wildman–Crippen MR) is 79.8 cm³/mol. The molecule has 0 aliphatic carbocycles. The van der Waals surface area contributed by atoms with E-state index in [0.29, 0.717) is 11.4 Å². The van der Waals surface area contributed by atoms with Gasteiger partial charge in [-0.15, -0.1) is 11.4 Å². The van der Waals surface area contributed by atoms with Crippen LogP contribution in [0.3, 0.4) is 0 Å². The molecule has 0 heterocycles. The minimum Gasteiger partial charge on any atom is -0.481 e. The Morgan fingerprint density at radius 2 is 2.05 bits per heavy atom. The molecule has 6 heteroatoms. The van der Waals surface area contributed by atoms with Crippen LogP contribution in [-0.2, 0) is 4.79 Å². The van der Waals surface area contributed by atoms with E-state index < -0.39 is 10.7 Å². The number of carbonyl (C=O) groups is 1. The van der Waals surface area contributed by atoms with Crippen LogP contribution in [0.4, 0.5) is 0 Å². The van der Waals surface area contributed by atoms with E-state index in [2.05, 4.69) is 6.07 Å². The van der Waals surface area contributed by atoms with E-state index in [1.807, 2.05) is 30.3 Å². The summed E-state index contributed by atoms with van der Waals surface area (Å²) in [5, 5.41) is 27.7. The molecule has 1 unspecified atom stereocenters. The number of nitriles is 1. The van der Waals surface area contributed by atoms with E-state index in [4.69, 9.17) is 10.4 Å². The number of hydrogen-bond acceptors (Lipinski definition) is 3. The molecule has 0 saturated heterocycles. The summed E-state index contributed by atoms with van der Waals surface area (Å²) < 4.78 is -0.829. The number of carboxylic acid groups (broad SMARTS) is 1. The fourth-order valence-corrected chi connectivity index (χ4v) is 3.61. The van der Waals surface area contributed by atoms with E-state index in [0.717, 1.165) is 16.7 Å². The molecule has 1 aromatic rings. The lowest BCUT2D eigenvalue weighted by molar-refractivity contribution is -0.137. The van der Waals surface area contributed by atoms with Gasteiger partial charge < -0.3 is 10.2 Å². The smallest absolute Gasteiger partial charge is 0.303 e. The van der Waals surface area contributed by atoms with Crippen LogP contribution in [0, 0.1) is 11.3 Å². The maximum Gasteiger partial charge on any atom is 0.303 e. The predicted octanol–water partition coefficient (Wildman–Crippen LogP) is 3.04. The van der Waals surface area contributed by atoms with Crippen LogP contribution < -0.4 is 0 Å². The van der Waals surface area contributed by atoms with Gasteiger partial charge in [0.25, 0.3) is 0 Å². The molecule has 0 radical (unpaired) electrons. The van der Waals surface area contributed by atoms with Crippen molar-refractivity contribution in [3.63, 3.8) is 0 Å². The molecular weight excluding hydrogens is 282 g/mol. The summed E-state index contributed by atoms with van der Waals surface area (Å²) in [5.41, 5.74) is 0. The van der Waals surface area contributed by atoms with Crippen LogP contribution in [0.5, 0.6) is 0 Å². The third kappa shape index (κ3) is 5.92. The second-order valence-electron chi connectivity index (χ2n) is 4.07. The Morgan fingerprint density at radius 1 is 1.42 bits per heavy atom. The molecule has 0 spiro atoms. The summed E-state index contributed by atoms with van der Waals surface area (Å²) in [6, 6.07) is 11.4. The summed E-state index contributed by atoms with van der Waals surface area (Å²) in [7, 11) is 0. The lowest BCUT2D eigenvalue weighted by Crippen LogP contribution is -2.21. The zero-order valence-corrected chi connectivity index (χ0v) is 12.1. The molecule has 1 atom stereocenters. The zero-order valence-electron chi connectivity index (χ0n) is 10.4. The Hall–Kier alpha value is -1.29. The van der Waals surface area contributed by atoms with Crippen molar-refractivity contribution in [2.24, 2.45) is 0 Å². The molecule has 0 fully saturated rings. The van der Waals surface area contributed by atoms with Crippen molar-refractivity contribution >= 4 is 33.5 Å². The number of hydrogen-bond donors (Lipinski definition) is 3. The van der Waals surface area contributed by atoms with Gasteiger partial charge >= 0.3 is 5.97 Å². The average molecular weight is 297 g/mol. The number of thiol groups is 1. The highest BCUT2D eigenvalue weighted by atomic mass is 32.2. The number of carboxylic acids is 1. The van der Waals surface area contributed by atoms with Gasteiger partial charge in [0.2, 0.25) is 0 Å². The van der Waals surface area contributed by atoms with Crippen LogP contribution in [0.15, 0.2) is 35.2 Å². The third-order valence-corrected chi connectivity index (χ3v) is 4.57. The van der Waals surface area contributed by atoms with Gasteiger partial charge in [0.05, 0.1) is 6.07 Å². The number of aliphatic hydroxyl groups is 1. The second-order valence-corrected chi connectivity index (χ2v) is 7.03. The van der Waals surface area contributed by atoms with Gasteiger partial charge in [0.1, 0.15) is 9.13 Å². The largest absolute Gasteiger partial charge is 0.481 e. The molecule has 0 aromatic heterocycles. The molecule has 102 valence electrons. The third-order valence-electron chi connectivity index (χ3n) is 2.35. The van der Waals surface area contributed by atoms with Crippen LogP contribution in [0.2, 0.25) is 0 Å². The Bertz CT molecular complexity index is 510. The lowest BCUT2D eigenvalue weighted by Gasteiger charge is -2.19. The van der Waals surface area contributed by atoms with Crippen molar-refractivity contribution < 1.29 is 15.0 Å². The standard InChI is InChI=1S/C13H15NO3S2/c1-13(9-14,8-7-11(15)16)19-12(17)18-10-5-3-2-4-6-10/h2-6,17-18H,7-8H2,1H3,(H,15,16). The highest BCUT2D eigenvalue weighted by molar-refractivity contribution is 8.27. The Morgan fingerprint density at radius 3 is 2.58 bits per heavy atom. The maximum absolute atomic E-state index is 10.5. The van der Waals surface area contributed by atoms with Gasteiger partial charge in [0.15, 0.2) is 0 Å². The molecule has 2 N–H and O–H groups in total. The number of benzene rings is 1. The number of nitrogens with zero attached hydrogens (tertiary/aromatic N) is 1. The molecule has 0 saturated carbocycles. The first-order valence-corrected chi connectivity index (χ1v) is 7.31.